The second-order valence-corrected chi connectivity index (χ2v) is 9.14. The molecule has 0 atom stereocenters. The van der Waals surface area contributed by atoms with Crippen LogP contribution in [0.1, 0.15) is 36.0 Å². The topological polar surface area (TPSA) is 32.3 Å². The first-order valence-electron chi connectivity index (χ1n) is 11.7. The highest BCUT2D eigenvalue weighted by Gasteiger charge is 2.33. The molecule has 1 heterocycles. The van der Waals surface area contributed by atoms with Gasteiger partial charge in [0.25, 0.3) is 0 Å². The Morgan fingerprint density at radius 1 is 0.912 bits per heavy atom. The zero-order valence-electron chi connectivity index (χ0n) is 19.3. The molecule has 3 aromatic carbocycles. The van der Waals surface area contributed by atoms with Gasteiger partial charge in [0.15, 0.2) is 0 Å². The van der Waals surface area contributed by atoms with Gasteiger partial charge in [0, 0.05) is 30.1 Å². The highest BCUT2D eigenvalue weighted by atomic mass is 35.5. The predicted molar refractivity (Wildman–Crippen MR) is 145 cm³/mol. The van der Waals surface area contributed by atoms with E-state index in [1.165, 1.54) is 22.3 Å². The van der Waals surface area contributed by atoms with Crippen molar-refractivity contribution in [2.75, 3.05) is 26.2 Å². The third-order valence-electron chi connectivity index (χ3n) is 6.73. The fraction of sp³-hybridized carbons (Fsp3) is 0.276. The van der Waals surface area contributed by atoms with Gasteiger partial charge in [-0.15, -0.1) is 12.4 Å². The average molecular weight is 495 g/mol. The molecule has 34 heavy (non-hydrogen) atoms. The molecule has 1 N–H and O–H groups in total. The third-order valence-corrected chi connectivity index (χ3v) is 6.98. The normalized spacial score (nSPS) is 14.1. The molecule has 4 rings (SSSR count). The molecule has 0 unspecified atom stereocenters. The maximum absolute atomic E-state index is 11.3. The first-order valence-corrected chi connectivity index (χ1v) is 12.0. The van der Waals surface area contributed by atoms with E-state index in [1.807, 2.05) is 24.3 Å². The Morgan fingerprint density at radius 3 is 2.06 bits per heavy atom. The molecule has 0 fully saturated rings. The van der Waals surface area contributed by atoms with Crippen LogP contribution < -0.4 is 5.32 Å². The summed E-state index contributed by atoms with van der Waals surface area (Å²) in [6.45, 7) is 3.65. The smallest absolute Gasteiger partial charge is 0.207 e. The molecule has 0 bridgehead atoms. The van der Waals surface area contributed by atoms with Gasteiger partial charge in [0.05, 0.1) is 0 Å². The van der Waals surface area contributed by atoms with Crippen molar-refractivity contribution >= 4 is 36.0 Å². The van der Waals surface area contributed by atoms with Crippen LogP contribution >= 0.6 is 24.0 Å². The molecule has 0 aliphatic carbocycles. The van der Waals surface area contributed by atoms with Crippen LogP contribution in [-0.4, -0.2) is 37.5 Å². The van der Waals surface area contributed by atoms with Crippen LogP contribution in [0, 0.1) is 0 Å². The Bertz CT molecular complexity index is 1010. The second kappa shape index (κ2) is 12.8. The van der Waals surface area contributed by atoms with Crippen LogP contribution in [0.2, 0.25) is 5.02 Å². The summed E-state index contributed by atoms with van der Waals surface area (Å²) in [7, 11) is 0. The Kier molecular flexibility index (Phi) is 9.76. The van der Waals surface area contributed by atoms with Crippen LogP contribution in [0.4, 0.5) is 0 Å². The van der Waals surface area contributed by atoms with E-state index in [0.717, 1.165) is 50.3 Å². The number of hydrogen-bond acceptors (Lipinski definition) is 2. The fourth-order valence-electron chi connectivity index (χ4n) is 4.92. The molecule has 0 saturated heterocycles. The lowest BCUT2D eigenvalue weighted by Crippen LogP contribution is -2.40. The van der Waals surface area contributed by atoms with Gasteiger partial charge in [0.2, 0.25) is 6.41 Å². The Labute approximate surface area is 214 Å². The van der Waals surface area contributed by atoms with Crippen molar-refractivity contribution in [2.24, 2.45) is 0 Å². The maximum Gasteiger partial charge on any atom is 0.207 e. The lowest BCUT2D eigenvalue weighted by Gasteiger charge is -2.36. The summed E-state index contributed by atoms with van der Waals surface area (Å²) < 4.78 is 0. The van der Waals surface area contributed by atoms with Gasteiger partial charge in [-0.05, 0) is 60.2 Å². The standard InChI is InChI=1S/C29H31ClN2O.ClH/c30-28-14-12-24(13-15-28)25-16-20-32(21-17-25)19-7-18-29(22-31-23-33,26-8-3-1-4-9-26)27-10-5-2-6-11-27;/h1-6,8-16,23H,7,17-22H2,(H,31,33);1H. The molecule has 5 heteroatoms. The van der Waals surface area contributed by atoms with Gasteiger partial charge in [-0.25, -0.2) is 0 Å². The lowest BCUT2D eigenvalue weighted by atomic mass is 9.71. The largest absolute Gasteiger partial charge is 0.357 e. The minimum atomic E-state index is -0.247. The number of halogens is 2. The SMILES string of the molecule is Cl.O=CNCC(CCCN1CC=C(c2ccc(Cl)cc2)CC1)(c1ccccc1)c1ccccc1. The third kappa shape index (κ3) is 6.29. The number of carbonyl (C=O) groups excluding carboxylic acids is 1. The van der Waals surface area contributed by atoms with E-state index in [-0.39, 0.29) is 17.8 Å². The van der Waals surface area contributed by atoms with Gasteiger partial charge < -0.3 is 5.32 Å². The fourth-order valence-corrected chi connectivity index (χ4v) is 5.05. The summed E-state index contributed by atoms with van der Waals surface area (Å²) in [5.74, 6) is 0. The van der Waals surface area contributed by atoms with Gasteiger partial charge in [-0.1, -0.05) is 90.5 Å². The van der Waals surface area contributed by atoms with E-state index in [0.29, 0.717) is 6.54 Å². The van der Waals surface area contributed by atoms with Gasteiger partial charge >= 0.3 is 0 Å². The van der Waals surface area contributed by atoms with Crippen molar-refractivity contribution in [1.29, 1.82) is 0 Å². The summed E-state index contributed by atoms with van der Waals surface area (Å²) in [5.41, 5.74) is 4.92. The second-order valence-electron chi connectivity index (χ2n) is 8.70. The van der Waals surface area contributed by atoms with Gasteiger partial charge in [0.1, 0.15) is 0 Å². The van der Waals surface area contributed by atoms with E-state index in [4.69, 9.17) is 11.6 Å². The molecule has 0 radical (unpaired) electrons. The number of nitrogens with zero attached hydrogens (tertiary/aromatic N) is 1. The van der Waals surface area contributed by atoms with Crippen molar-refractivity contribution in [3.05, 3.63) is 113 Å². The minimum absolute atomic E-state index is 0. The van der Waals surface area contributed by atoms with E-state index >= 15 is 0 Å². The molecule has 3 nitrogen and oxygen atoms in total. The molecule has 1 aliphatic rings. The highest BCUT2D eigenvalue weighted by molar-refractivity contribution is 6.30. The number of rotatable bonds is 10. The van der Waals surface area contributed by atoms with Crippen molar-refractivity contribution in [3.8, 4) is 0 Å². The van der Waals surface area contributed by atoms with Crippen LogP contribution in [0.15, 0.2) is 91.0 Å². The van der Waals surface area contributed by atoms with Crippen LogP contribution in [0.5, 0.6) is 0 Å². The van der Waals surface area contributed by atoms with Crippen molar-refractivity contribution in [2.45, 2.75) is 24.7 Å². The zero-order valence-corrected chi connectivity index (χ0v) is 20.9. The predicted octanol–water partition coefficient (Wildman–Crippen LogP) is 6.36. The molecule has 0 saturated carbocycles. The van der Waals surface area contributed by atoms with Crippen LogP contribution in [0.25, 0.3) is 5.57 Å². The lowest BCUT2D eigenvalue weighted by molar-refractivity contribution is -0.109. The van der Waals surface area contributed by atoms with Crippen LogP contribution in [-0.2, 0) is 10.2 Å². The zero-order chi connectivity index (χ0) is 22.9. The highest BCUT2D eigenvalue weighted by Crippen LogP contribution is 2.36. The summed E-state index contributed by atoms with van der Waals surface area (Å²) in [6.07, 6.45) is 6.23. The number of hydrogen-bond donors (Lipinski definition) is 1. The summed E-state index contributed by atoms with van der Waals surface area (Å²) in [6, 6.07) is 29.3. The monoisotopic (exact) mass is 494 g/mol. The molecule has 178 valence electrons. The van der Waals surface area contributed by atoms with Gasteiger partial charge in [-0.2, -0.15) is 0 Å². The first kappa shape index (κ1) is 26.0. The minimum Gasteiger partial charge on any atom is -0.357 e. The summed E-state index contributed by atoms with van der Waals surface area (Å²) >= 11 is 6.04. The molecular formula is C29H32Cl2N2O. The van der Waals surface area contributed by atoms with Crippen molar-refractivity contribution in [3.63, 3.8) is 0 Å². The van der Waals surface area contributed by atoms with E-state index < -0.39 is 0 Å². The van der Waals surface area contributed by atoms with E-state index in [1.54, 1.807) is 0 Å². The van der Waals surface area contributed by atoms with E-state index in [9.17, 15) is 4.79 Å². The number of amides is 1. The Morgan fingerprint density at radius 2 is 1.53 bits per heavy atom. The van der Waals surface area contributed by atoms with E-state index in [2.05, 4.69) is 77.0 Å². The molecule has 1 aliphatic heterocycles. The number of benzene rings is 3. The summed E-state index contributed by atoms with van der Waals surface area (Å²) in [4.78, 5) is 13.8. The molecule has 0 aromatic heterocycles. The van der Waals surface area contributed by atoms with Crippen LogP contribution in [0.3, 0.4) is 0 Å². The van der Waals surface area contributed by atoms with Crippen molar-refractivity contribution < 1.29 is 4.79 Å². The van der Waals surface area contributed by atoms with Gasteiger partial charge in [-0.3, -0.25) is 9.69 Å². The Hall–Kier alpha value is -2.59. The van der Waals surface area contributed by atoms with Crippen molar-refractivity contribution in [1.82, 2.24) is 10.2 Å². The molecular weight excluding hydrogens is 463 g/mol. The maximum atomic E-state index is 11.3. The summed E-state index contributed by atoms with van der Waals surface area (Å²) in [5, 5.41) is 3.77. The first-order chi connectivity index (χ1) is 16.2. The Balaban J connectivity index is 0.00000324. The molecule has 0 spiro atoms. The number of nitrogens with one attached hydrogen (secondary N) is 1. The quantitative estimate of drug-likeness (QED) is 0.332. The molecule has 3 aromatic rings. The average Bonchev–Trinajstić information content (AvgIpc) is 2.88. The number of carbonyl (C=O) groups is 1. The molecule has 1 amide bonds.